The normalized spacial score (nSPS) is 13.2. The van der Waals surface area contributed by atoms with Gasteiger partial charge in [0.15, 0.2) is 0 Å². The number of aryl methyl sites for hydroxylation is 2. The van der Waals surface area contributed by atoms with E-state index in [1.807, 2.05) is 29.2 Å². The number of rotatable bonds is 4. The van der Waals surface area contributed by atoms with Crippen LogP contribution in [0.15, 0.2) is 30.3 Å². The molecule has 0 spiro atoms. The smallest absolute Gasteiger partial charge is 0.268 e. The number of carbonyl (C=O) groups is 1. The summed E-state index contributed by atoms with van der Waals surface area (Å²) in [6.45, 7) is 2.82. The van der Waals surface area contributed by atoms with Gasteiger partial charge in [0.1, 0.15) is 0 Å². The Balaban J connectivity index is 1.88. The van der Waals surface area contributed by atoms with Crippen LogP contribution < -0.4 is 10.6 Å². The van der Waals surface area contributed by atoms with E-state index in [1.54, 1.807) is 11.3 Å². The third kappa shape index (κ3) is 2.81. The third-order valence-corrected chi connectivity index (χ3v) is 5.08. The lowest BCUT2D eigenvalue weighted by atomic mass is 10.2. The van der Waals surface area contributed by atoms with Crippen LogP contribution in [0.1, 0.15) is 39.9 Å². The maximum atomic E-state index is 12.8. The highest BCUT2D eigenvalue weighted by Crippen LogP contribution is 2.32. The zero-order chi connectivity index (χ0) is 14.8. The van der Waals surface area contributed by atoms with Gasteiger partial charge in [-0.1, -0.05) is 6.92 Å². The molecule has 0 aliphatic heterocycles. The third-order valence-electron chi connectivity index (χ3n) is 3.85. The van der Waals surface area contributed by atoms with Crippen LogP contribution in [0.5, 0.6) is 0 Å². The Morgan fingerprint density at radius 2 is 2.05 bits per heavy atom. The number of anilines is 2. The number of nitrogens with zero attached hydrogens (tertiary/aromatic N) is 1. The van der Waals surface area contributed by atoms with Crippen LogP contribution in [0, 0.1) is 0 Å². The standard InChI is InChI=1S/C17H20N2OS/c1-2-10-19(14-8-6-13(18)7-9-14)17(20)16-11-12-4-3-5-15(12)21-16/h6-9,11H,2-5,10,18H2,1H3. The highest BCUT2D eigenvalue weighted by atomic mass is 32.1. The zero-order valence-electron chi connectivity index (χ0n) is 12.3. The van der Waals surface area contributed by atoms with Crippen LogP contribution in [0.3, 0.4) is 0 Å². The Bertz CT molecular complexity index is 624. The zero-order valence-corrected chi connectivity index (χ0v) is 13.1. The van der Waals surface area contributed by atoms with E-state index in [0.717, 1.165) is 42.1 Å². The predicted molar refractivity (Wildman–Crippen MR) is 89.2 cm³/mol. The van der Waals surface area contributed by atoms with E-state index < -0.39 is 0 Å². The van der Waals surface area contributed by atoms with Crippen molar-refractivity contribution < 1.29 is 4.79 Å². The summed E-state index contributed by atoms with van der Waals surface area (Å²) in [6, 6.07) is 9.63. The monoisotopic (exact) mass is 300 g/mol. The fourth-order valence-corrected chi connectivity index (χ4v) is 4.00. The van der Waals surface area contributed by atoms with E-state index in [9.17, 15) is 4.79 Å². The van der Waals surface area contributed by atoms with Crippen molar-refractivity contribution in [2.24, 2.45) is 0 Å². The molecule has 1 heterocycles. The molecule has 0 unspecified atom stereocenters. The van der Waals surface area contributed by atoms with Crippen molar-refractivity contribution in [1.82, 2.24) is 0 Å². The summed E-state index contributed by atoms with van der Waals surface area (Å²) in [7, 11) is 0. The van der Waals surface area contributed by atoms with Gasteiger partial charge in [-0.15, -0.1) is 11.3 Å². The van der Waals surface area contributed by atoms with Gasteiger partial charge in [0, 0.05) is 22.8 Å². The second kappa shape index (κ2) is 5.90. The molecule has 2 N–H and O–H groups in total. The van der Waals surface area contributed by atoms with Crippen molar-refractivity contribution in [3.63, 3.8) is 0 Å². The molecule has 0 atom stereocenters. The van der Waals surface area contributed by atoms with Gasteiger partial charge in [0.2, 0.25) is 0 Å². The minimum Gasteiger partial charge on any atom is -0.399 e. The van der Waals surface area contributed by atoms with Gasteiger partial charge < -0.3 is 10.6 Å². The van der Waals surface area contributed by atoms with Gasteiger partial charge in [-0.2, -0.15) is 0 Å². The van der Waals surface area contributed by atoms with Gasteiger partial charge in [-0.05, 0) is 61.6 Å². The average molecular weight is 300 g/mol. The topological polar surface area (TPSA) is 46.3 Å². The largest absolute Gasteiger partial charge is 0.399 e. The van der Waals surface area contributed by atoms with Gasteiger partial charge in [0.05, 0.1) is 4.88 Å². The number of nitrogens with two attached hydrogens (primary N) is 1. The lowest BCUT2D eigenvalue weighted by Gasteiger charge is -2.21. The summed E-state index contributed by atoms with van der Waals surface area (Å²) in [6.07, 6.45) is 4.41. The quantitative estimate of drug-likeness (QED) is 0.871. The Labute approximate surface area is 129 Å². The molecule has 3 nitrogen and oxygen atoms in total. The van der Waals surface area contributed by atoms with E-state index in [-0.39, 0.29) is 5.91 Å². The first-order valence-corrected chi connectivity index (χ1v) is 8.29. The van der Waals surface area contributed by atoms with Crippen LogP contribution in [0.25, 0.3) is 0 Å². The molecule has 1 aliphatic rings. The van der Waals surface area contributed by atoms with Crippen molar-refractivity contribution in [2.45, 2.75) is 32.6 Å². The Morgan fingerprint density at radius 1 is 1.29 bits per heavy atom. The first-order valence-electron chi connectivity index (χ1n) is 7.48. The molecule has 3 rings (SSSR count). The molecule has 0 saturated heterocycles. The number of nitrogen functional groups attached to an aromatic ring is 1. The molecule has 21 heavy (non-hydrogen) atoms. The first kappa shape index (κ1) is 14.1. The number of amides is 1. The Kier molecular flexibility index (Phi) is 3.97. The van der Waals surface area contributed by atoms with E-state index in [2.05, 4.69) is 13.0 Å². The van der Waals surface area contributed by atoms with Crippen molar-refractivity contribution in [1.29, 1.82) is 0 Å². The second-order valence-electron chi connectivity index (χ2n) is 5.46. The van der Waals surface area contributed by atoms with E-state index in [4.69, 9.17) is 5.73 Å². The van der Waals surface area contributed by atoms with Crippen LogP contribution in [0.2, 0.25) is 0 Å². The molecule has 0 radical (unpaired) electrons. The Hall–Kier alpha value is -1.81. The molecule has 4 heteroatoms. The van der Waals surface area contributed by atoms with Crippen molar-refractivity contribution in [2.75, 3.05) is 17.2 Å². The van der Waals surface area contributed by atoms with Crippen molar-refractivity contribution >= 4 is 28.6 Å². The number of hydrogen-bond acceptors (Lipinski definition) is 3. The highest BCUT2D eigenvalue weighted by molar-refractivity contribution is 7.14. The number of thiophene rings is 1. The minimum atomic E-state index is 0.112. The average Bonchev–Trinajstić information content (AvgIpc) is 3.06. The van der Waals surface area contributed by atoms with Crippen molar-refractivity contribution in [3.05, 3.63) is 45.6 Å². The van der Waals surface area contributed by atoms with E-state index >= 15 is 0 Å². The second-order valence-corrected chi connectivity index (χ2v) is 6.60. The summed E-state index contributed by atoms with van der Waals surface area (Å²) in [5, 5.41) is 0. The molecule has 0 saturated carbocycles. The van der Waals surface area contributed by atoms with Crippen LogP contribution >= 0.6 is 11.3 Å². The molecule has 110 valence electrons. The van der Waals surface area contributed by atoms with Gasteiger partial charge in [-0.3, -0.25) is 4.79 Å². The maximum absolute atomic E-state index is 12.8. The minimum absolute atomic E-state index is 0.112. The molecule has 0 bridgehead atoms. The van der Waals surface area contributed by atoms with Crippen molar-refractivity contribution in [3.8, 4) is 0 Å². The predicted octanol–water partition coefficient (Wildman–Crippen LogP) is 3.88. The summed E-state index contributed by atoms with van der Waals surface area (Å²) in [5.41, 5.74) is 8.75. The fraction of sp³-hybridized carbons (Fsp3) is 0.353. The van der Waals surface area contributed by atoms with E-state index in [0.29, 0.717) is 0 Å². The molecule has 1 aromatic carbocycles. The summed E-state index contributed by atoms with van der Waals surface area (Å²) in [5.74, 6) is 0.112. The number of hydrogen-bond donors (Lipinski definition) is 1. The lowest BCUT2D eigenvalue weighted by Crippen LogP contribution is -2.31. The molecular formula is C17H20N2OS. The summed E-state index contributed by atoms with van der Waals surface area (Å²) >= 11 is 1.67. The maximum Gasteiger partial charge on any atom is 0.268 e. The Morgan fingerprint density at radius 3 is 2.71 bits per heavy atom. The van der Waals surface area contributed by atoms with Crippen LogP contribution in [-0.4, -0.2) is 12.5 Å². The molecule has 0 fully saturated rings. The summed E-state index contributed by atoms with van der Waals surface area (Å²) in [4.78, 5) is 17.0. The molecule has 1 amide bonds. The molecule has 2 aromatic rings. The van der Waals surface area contributed by atoms with Gasteiger partial charge in [0.25, 0.3) is 5.91 Å². The molecule has 1 aliphatic carbocycles. The number of benzene rings is 1. The fourth-order valence-electron chi connectivity index (χ4n) is 2.79. The molecular weight excluding hydrogens is 280 g/mol. The lowest BCUT2D eigenvalue weighted by molar-refractivity contribution is 0.0990. The van der Waals surface area contributed by atoms with Gasteiger partial charge >= 0.3 is 0 Å². The first-order chi connectivity index (χ1) is 10.2. The molecule has 1 aromatic heterocycles. The summed E-state index contributed by atoms with van der Waals surface area (Å²) < 4.78 is 0. The van der Waals surface area contributed by atoms with E-state index in [1.165, 1.54) is 16.9 Å². The number of fused-ring (bicyclic) bond motifs is 1. The van der Waals surface area contributed by atoms with Crippen LogP contribution in [0.4, 0.5) is 11.4 Å². The van der Waals surface area contributed by atoms with Gasteiger partial charge in [-0.25, -0.2) is 0 Å². The van der Waals surface area contributed by atoms with Crippen LogP contribution in [-0.2, 0) is 12.8 Å². The SMILES string of the molecule is CCCN(C(=O)c1cc2c(s1)CCC2)c1ccc(N)cc1. The number of carbonyl (C=O) groups excluding carboxylic acids is 1. The highest BCUT2D eigenvalue weighted by Gasteiger charge is 2.22.